The van der Waals surface area contributed by atoms with Gasteiger partial charge in [-0.1, -0.05) is 0 Å². The van der Waals surface area contributed by atoms with E-state index in [1.807, 2.05) is 6.20 Å². The summed E-state index contributed by atoms with van der Waals surface area (Å²) in [5, 5.41) is 16.2. The van der Waals surface area contributed by atoms with Gasteiger partial charge in [0, 0.05) is 44.2 Å². The number of aliphatic hydroxyl groups excluding tert-OH is 1. The molecule has 0 saturated carbocycles. The smallest absolute Gasteiger partial charge is 0.250 e. The predicted molar refractivity (Wildman–Crippen MR) is 79.2 cm³/mol. The number of anilines is 1. The van der Waals surface area contributed by atoms with Gasteiger partial charge in [-0.25, -0.2) is 0 Å². The van der Waals surface area contributed by atoms with E-state index in [2.05, 4.69) is 10.4 Å². The Bertz CT molecular complexity index is 621. The van der Waals surface area contributed by atoms with Gasteiger partial charge in [-0.05, 0) is 6.07 Å². The Morgan fingerprint density at radius 3 is 2.95 bits per heavy atom. The molecule has 2 aromatic rings. The van der Waals surface area contributed by atoms with Gasteiger partial charge in [-0.2, -0.15) is 5.10 Å². The number of aromatic nitrogens is 3. The summed E-state index contributed by atoms with van der Waals surface area (Å²) in [5.41, 5.74) is 1.83. The molecule has 7 heteroatoms. The fourth-order valence-corrected chi connectivity index (χ4v) is 1.93. The largest absolute Gasteiger partial charge is 0.394 e. The standard InChI is InChI=1S/C14H20N4O3/c1-21-7-5-17-11-13(2-3-14(17)20)15-8-12-9-16-18(10-12)4-6-19/h2-3,9-11,15,19H,4-8H2,1H3. The van der Waals surface area contributed by atoms with Crippen LogP contribution in [0.15, 0.2) is 35.5 Å². The summed E-state index contributed by atoms with van der Waals surface area (Å²) in [6, 6.07) is 3.29. The van der Waals surface area contributed by atoms with Crippen LogP contribution >= 0.6 is 0 Å². The van der Waals surface area contributed by atoms with E-state index in [1.54, 1.807) is 34.8 Å². The Hall–Kier alpha value is -2.12. The van der Waals surface area contributed by atoms with Crippen LogP contribution in [0.2, 0.25) is 0 Å². The lowest BCUT2D eigenvalue weighted by atomic mass is 10.3. The molecule has 114 valence electrons. The van der Waals surface area contributed by atoms with E-state index < -0.39 is 0 Å². The van der Waals surface area contributed by atoms with E-state index in [0.29, 0.717) is 26.2 Å². The first-order chi connectivity index (χ1) is 10.2. The first kappa shape index (κ1) is 15.3. The summed E-state index contributed by atoms with van der Waals surface area (Å²) in [5.74, 6) is 0. The van der Waals surface area contributed by atoms with Gasteiger partial charge in [-0.3, -0.25) is 9.48 Å². The highest BCUT2D eigenvalue weighted by atomic mass is 16.5. The molecule has 2 aromatic heterocycles. The summed E-state index contributed by atoms with van der Waals surface area (Å²) in [6.45, 7) is 2.19. The molecule has 2 N–H and O–H groups in total. The van der Waals surface area contributed by atoms with Crippen molar-refractivity contribution in [2.45, 2.75) is 19.6 Å². The number of pyridine rings is 1. The van der Waals surface area contributed by atoms with E-state index in [4.69, 9.17) is 9.84 Å². The second-order valence-corrected chi connectivity index (χ2v) is 4.63. The number of hydrogen-bond donors (Lipinski definition) is 2. The highest BCUT2D eigenvalue weighted by Gasteiger charge is 2.01. The molecule has 7 nitrogen and oxygen atoms in total. The zero-order valence-electron chi connectivity index (χ0n) is 12.0. The lowest BCUT2D eigenvalue weighted by molar-refractivity contribution is 0.186. The van der Waals surface area contributed by atoms with Crippen molar-refractivity contribution in [1.29, 1.82) is 0 Å². The molecule has 0 spiro atoms. The van der Waals surface area contributed by atoms with Gasteiger partial charge in [0.25, 0.3) is 5.56 Å². The highest BCUT2D eigenvalue weighted by molar-refractivity contribution is 5.40. The number of aliphatic hydroxyl groups is 1. The molecule has 0 fully saturated rings. The summed E-state index contributed by atoms with van der Waals surface area (Å²) < 4.78 is 8.29. The number of hydrogen-bond acceptors (Lipinski definition) is 5. The van der Waals surface area contributed by atoms with Crippen LogP contribution < -0.4 is 10.9 Å². The SMILES string of the molecule is COCCn1cc(NCc2cnn(CCO)c2)ccc1=O. The minimum atomic E-state index is -0.0478. The predicted octanol–water partition coefficient (Wildman–Crippen LogP) is 0.296. The minimum Gasteiger partial charge on any atom is -0.394 e. The molecule has 2 heterocycles. The zero-order chi connectivity index (χ0) is 15.1. The quantitative estimate of drug-likeness (QED) is 0.731. The van der Waals surface area contributed by atoms with Gasteiger partial charge >= 0.3 is 0 Å². The third kappa shape index (κ3) is 4.44. The van der Waals surface area contributed by atoms with Gasteiger partial charge < -0.3 is 19.7 Å². The summed E-state index contributed by atoms with van der Waals surface area (Å²) in [6.07, 6.45) is 5.41. The Morgan fingerprint density at radius 1 is 1.33 bits per heavy atom. The van der Waals surface area contributed by atoms with E-state index >= 15 is 0 Å². The molecule has 0 aliphatic carbocycles. The maximum absolute atomic E-state index is 11.7. The number of ether oxygens (including phenoxy) is 1. The van der Waals surface area contributed by atoms with Crippen LogP contribution in [0.25, 0.3) is 0 Å². The third-order valence-electron chi connectivity index (χ3n) is 3.03. The fourth-order valence-electron chi connectivity index (χ4n) is 1.93. The van der Waals surface area contributed by atoms with Crippen molar-refractivity contribution in [2.24, 2.45) is 0 Å². The lowest BCUT2D eigenvalue weighted by Gasteiger charge is -2.09. The van der Waals surface area contributed by atoms with Crippen molar-refractivity contribution in [3.8, 4) is 0 Å². The summed E-state index contributed by atoms with van der Waals surface area (Å²) in [4.78, 5) is 11.7. The Morgan fingerprint density at radius 2 is 2.19 bits per heavy atom. The van der Waals surface area contributed by atoms with Gasteiger partial charge in [-0.15, -0.1) is 0 Å². The molecular weight excluding hydrogens is 272 g/mol. The molecule has 0 unspecified atom stereocenters. The molecule has 0 bridgehead atoms. The average molecular weight is 292 g/mol. The first-order valence-electron chi connectivity index (χ1n) is 6.78. The van der Waals surface area contributed by atoms with Gasteiger partial charge in [0.1, 0.15) is 0 Å². The molecular formula is C14H20N4O3. The topological polar surface area (TPSA) is 81.3 Å². The van der Waals surface area contributed by atoms with Crippen molar-refractivity contribution in [1.82, 2.24) is 14.3 Å². The fraction of sp³-hybridized carbons (Fsp3) is 0.429. The van der Waals surface area contributed by atoms with Gasteiger partial charge in [0.2, 0.25) is 0 Å². The zero-order valence-corrected chi connectivity index (χ0v) is 12.0. The molecule has 21 heavy (non-hydrogen) atoms. The normalized spacial score (nSPS) is 10.8. The maximum atomic E-state index is 11.7. The lowest BCUT2D eigenvalue weighted by Crippen LogP contribution is -2.21. The second-order valence-electron chi connectivity index (χ2n) is 4.63. The molecule has 0 atom stereocenters. The Kier molecular flexibility index (Phi) is 5.53. The maximum Gasteiger partial charge on any atom is 0.250 e. The van der Waals surface area contributed by atoms with Crippen molar-refractivity contribution in [3.05, 3.63) is 46.6 Å². The number of nitrogens with zero attached hydrogens (tertiary/aromatic N) is 3. The minimum absolute atomic E-state index is 0.0478. The number of nitrogens with one attached hydrogen (secondary N) is 1. The monoisotopic (exact) mass is 292 g/mol. The van der Waals surface area contributed by atoms with E-state index in [-0.39, 0.29) is 12.2 Å². The Labute approximate surface area is 122 Å². The van der Waals surface area contributed by atoms with E-state index in [0.717, 1.165) is 11.3 Å². The van der Waals surface area contributed by atoms with Crippen LogP contribution in [-0.2, 0) is 24.4 Å². The molecule has 0 aromatic carbocycles. The molecule has 0 saturated heterocycles. The Balaban J connectivity index is 1.97. The van der Waals surface area contributed by atoms with Crippen LogP contribution in [-0.4, -0.2) is 39.8 Å². The molecule has 0 radical (unpaired) electrons. The van der Waals surface area contributed by atoms with Crippen LogP contribution in [0.1, 0.15) is 5.56 Å². The van der Waals surface area contributed by atoms with Crippen molar-refractivity contribution >= 4 is 5.69 Å². The summed E-state index contributed by atoms with van der Waals surface area (Å²) >= 11 is 0. The number of methoxy groups -OCH3 is 1. The van der Waals surface area contributed by atoms with E-state index in [9.17, 15) is 4.79 Å². The van der Waals surface area contributed by atoms with E-state index in [1.165, 1.54) is 6.07 Å². The average Bonchev–Trinajstić information content (AvgIpc) is 2.93. The first-order valence-corrected chi connectivity index (χ1v) is 6.78. The van der Waals surface area contributed by atoms with Crippen LogP contribution in [0.3, 0.4) is 0 Å². The van der Waals surface area contributed by atoms with Crippen molar-refractivity contribution in [2.75, 3.05) is 25.6 Å². The molecule has 0 aliphatic rings. The van der Waals surface area contributed by atoms with Crippen LogP contribution in [0.4, 0.5) is 5.69 Å². The molecule has 0 amide bonds. The van der Waals surface area contributed by atoms with Crippen LogP contribution in [0, 0.1) is 0 Å². The van der Waals surface area contributed by atoms with Crippen LogP contribution in [0.5, 0.6) is 0 Å². The summed E-state index contributed by atoms with van der Waals surface area (Å²) in [7, 11) is 1.61. The van der Waals surface area contributed by atoms with Crippen molar-refractivity contribution in [3.63, 3.8) is 0 Å². The molecule has 2 rings (SSSR count). The highest BCUT2D eigenvalue weighted by Crippen LogP contribution is 2.07. The van der Waals surface area contributed by atoms with Gasteiger partial charge in [0.05, 0.1) is 31.6 Å². The molecule has 0 aliphatic heterocycles. The number of rotatable bonds is 8. The van der Waals surface area contributed by atoms with Crippen molar-refractivity contribution < 1.29 is 9.84 Å². The second kappa shape index (κ2) is 7.61. The van der Waals surface area contributed by atoms with Gasteiger partial charge in [0.15, 0.2) is 0 Å². The third-order valence-corrected chi connectivity index (χ3v) is 3.03.